The summed E-state index contributed by atoms with van der Waals surface area (Å²) in [6, 6.07) is 3.61. The topological polar surface area (TPSA) is 30.5 Å². The molecule has 0 bridgehead atoms. The van der Waals surface area contributed by atoms with Crippen LogP contribution in [0.5, 0.6) is 5.75 Å². The van der Waals surface area contributed by atoms with Crippen molar-refractivity contribution in [3.05, 3.63) is 27.7 Å². The summed E-state index contributed by atoms with van der Waals surface area (Å²) in [4.78, 5) is 0. The van der Waals surface area contributed by atoms with E-state index in [4.69, 9.17) is 32.7 Å². The average Bonchev–Trinajstić information content (AvgIpc) is 2.40. The van der Waals surface area contributed by atoms with Crippen molar-refractivity contribution in [3.8, 4) is 5.75 Å². The highest BCUT2D eigenvalue weighted by Crippen LogP contribution is 2.33. The molecule has 1 atom stereocenters. The molecule has 5 heteroatoms. The van der Waals surface area contributed by atoms with Crippen molar-refractivity contribution in [2.75, 3.05) is 20.3 Å². The summed E-state index contributed by atoms with van der Waals surface area (Å²) in [6.45, 7) is 6.44. The number of benzene rings is 1. The highest BCUT2D eigenvalue weighted by atomic mass is 35.5. The molecule has 0 fully saturated rings. The predicted molar refractivity (Wildman–Crippen MR) is 85.0 cm³/mol. The van der Waals surface area contributed by atoms with E-state index in [1.807, 2.05) is 13.0 Å². The van der Waals surface area contributed by atoms with E-state index in [-0.39, 0.29) is 6.10 Å². The van der Waals surface area contributed by atoms with Crippen LogP contribution in [0.15, 0.2) is 12.1 Å². The van der Waals surface area contributed by atoms with E-state index in [0.29, 0.717) is 28.9 Å². The Morgan fingerprint density at radius 3 is 2.70 bits per heavy atom. The number of rotatable bonds is 9. The Hall–Kier alpha value is -0.480. The molecular formula is C15H23Cl2NO2. The first-order valence-electron chi connectivity index (χ1n) is 6.92. The van der Waals surface area contributed by atoms with Gasteiger partial charge in [0, 0.05) is 37.3 Å². The molecule has 1 aromatic carbocycles. The molecule has 1 aromatic rings. The molecule has 0 spiro atoms. The van der Waals surface area contributed by atoms with Crippen LogP contribution in [0, 0.1) is 0 Å². The highest BCUT2D eigenvalue weighted by Gasteiger charge is 2.13. The fourth-order valence-electron chi connectivity index (χ4n) is 1.82. The van der Waals surface area contributed by atoms with Crippen LogP contribution >= 0.6 is 23.2 Å². The molecule has 0 amide bonds. The lowest BCUT2D eigenvalue weighted by molar-refractivity contribution is 0.134. The molecule has 20 heavy (non-hydrogen) atoms. The van der Waals surface area contributed by atoms with Crippen molar-refractivity contribution in [1.82, 2.24) is 5.32 Å². The molecule has 0 aliphatic heterocycles. The highest BCUT2D eigenvalue weighted by molar-refractivity contribution is 6.35. The summed E-state index contributed by atoms with van der Waals surface area (Å²) in [7, 11) is 1.68. The molecule has 0 saturated carbocycles. The zero-order valence-corrected chi connectivity index (χ0v) is 13.9. The Balaban J connectivity index is 2.80. The van der Waals surface area contributed by atoms with Gasteiger partial charge in [-0.15, -0.1) is 0 Å². The number of methoxy groups -OCH3 is 1. The summed E-state index contributed by atoms with van der Waals surface area (Å²) in [5, 5.41) is 4.52. The van der Waals surface area contributed by atoms with Gasteiger partial charge in [-0.3, -0.25) is 0 Å². The Labute approximate surface area is 131 Å². The maximum Gasteiger partial charge on any atom is 0.142 e. The third-order valence-corrected chi connectivity index (χ3v) is 3.37. The second-order valence-electron chi connectivity index (χ2n) is 4.76. The molecule has 1 unspecified atom stereocenters. The van der Waals surface area contributed by atoms with Gasteiger partial charge in [0.05, 0.1) is 11.1 Å². The predicted octanol–water partition coefficient (Wildman–Crippen LogP) is 4.30. The van der Waals surface area contributed by atoms with E-state index < -0.39 is 0 Å². The van der Waals surface area contributed by atoms with Gasteiger partial charge in [0.1, 0.15) is 5.75 Å². The summed E-state index contributed by atoms with van der Waals surface area (Å²) in [5.41, 5.74) is 0.986. The van der Waals surface area contributed by atoms with Crippen LogP contribution in [0.4, 0.5) is 0 Å². The van der Waals surface area contributed by atoms with E-state index in [9.17, 15) is 0 Å². The maximum absolute atomic E-state index is 6.26. The minimum Gasteiger partial charge on any atom is -0.489 e. The molecule has 0 heterocycles. The molecule has 0 aromatic heterocycles. The first-order chi connectivity index (χ1) is 9.58. The van der Waals surface area contributed by atoms with Crippen molar-refractivity contribution >= 4 is 23.2 Å². The van der Waals surface area contributed by atoms with E-state index >= 15 is 0 Å². The van der Waals surface area contributed by atoms with Crippen LogP contribution in [-0.4, -0.2) is 26.4 Å². The Bertz CT molecular complexity index is 413. The van der Waals surface area contributed by atoms with Crippen molar-refractivity contribution in [3.63, 3.8) is 0 Å². The molecule has 114 valence electrons. The third-order valence-electron chi connectivity index (χ3n) is 2.88. The van der Waals surface area contributed by atoms with Crippen LogP contribution in [0.25, 0.3) is 0 Å². The normalized spacial score (nSPS) is 12.4. The van der Waals surface area contributed by atoms with Crippen molar-refractivity contribution in [2.24, 2.45) is 0 Å². The SMILES string of the molecule is CCCNCc1cc(Cl)cc(Cl)c1OC(C)CCOC. The van der Waals surface area contributed by atoms with Gasteiger partial charge in [-0.2, -0.15) is 0 Å². The quantitative estimate of drug-likeness (QED) is 0.688. The summed E-state index contributed by atoms with van der Waals surface area (Å²) in [6.07, 6.45) is 1.94. The molecular weight excluding hydrogens is 297 g/mol. The molecule has 0 saturated heterocycles. The van der Waals surface area contributed by atoms with E-state index in [1.54, 1.807) is 13.2 Å². The lowest BCUT2D eigenvalue weighted by atomic mass is 10.2. The zero-order valence-electron chi connectivity index (χ0n) is 12.3. The lowest BCUT2D eigenvalue weighted by Gasteiger charge is -2.19. The Morgan fingerprint density at radius 1 is 1.30 bits per heavy atom. The Kier molecular flexibility index (Phi) is 8.31. The van der Waals surface area contributed by atoms with Gasteiger partial charge in [0.15, 0.2) is 0 Å². The summed E-state index contributed by atoms with van der Waals surface area (Å²) >= 11 is 12.3. The van der Waals surface area contributed by atoms with Gasteiger partial charge in [-0.05, 0) is 32.0 Å². The molecule has 0 aliphatic rings. The monoisotopic (exact) mass is 319 g/mol. The summed E-state index contributed by atoms with van der Waals surface area (Å²) in [5.74, 6) is 0.711. The fourth-order valence-corrected chi connectivity index (χ4v) is 2.40. The van der Waals surface area contributed by atoms with Gasteiger partial charge in [0.25, 0.3) is 0 Å². The third kappa shape index (κ3) is 5.88. The van der Waals surface area contributed by atoms with Crippen LogP contribution in [0.1, 0.15) is 32.3 Å². The number of nitrogens with one attached hydrogen (secondary N) is 1. The minimum absolute atomic E-state index is 0.0403. The minimum atomic E-state index is 0.0403. The van der Waals surface area contributed by atoms with Crippen LogP contribution in [0.2, 0.25) is 10.0 Å². The number of hydrogen-bond donors (Lipinski definition) is 1. The first kappa shape index (κ1) is 17.6. The average molecular weight is 320 g/mol. The van der Waals surface area contributed by atoms with Gasteiger partial charge in [-0.25, -0.2) is 0 Å². The molecule has 3 nitrogen and oxygen atoms in total. The number of halogens is 2. The second kappa shape index (κ2) is 9.46. The first-order valence-corrected chi connectivity index (χ1v) is 7.68. The van der Waals surface area contributed by atoms with Crippen LogP contribution < -0.4 is 10.1 Å². The van der Waals surface area contributed by atoms with E-state index in [0.717, 1.165) is 24.9 Å². The molecule has 1 rings (SSSR count). The zero-order chi connectivity index (χ0) is 15.0. The number of hydrogen-bond acceptors (Lipinski definition) is 3. The smallest absolute Gasteiger partial charge is 0.142 e. The van der Waals surface area contributed by atoms with Crippen LogP contribution in [-0.2, 0) is 11.3 Å². The van der Waals surface area contributed by atoms with Crippen molar-refractivity contribution in [2.45, 2.75) is 39.3 Å². The van der Waals surface area contributed by atoms with Gasteiger partial charge >= 0.3 is 0 Å². The van der Waals surface area contributed by atoms with Gasteiger partial charge in [-0.1, -0.05) is 30.1 Å². The van der Waals surface area contributed by atoms with Gasteiger partial charge < -0.3 is 14.8 Å². The number of ether oxygens (including phenoxy) is 2. The molecule has 0 radical (unpaired) electrons. The van der Waals surface area contributed by atoms with E-state index in [2.05, 4.69) is 12.2 Å². The fraction of sp³-hybridized carbons (Fsp3) is 0.600. The largest absolute Gasteiger partial charge is 0.489 e. The maximum atomic E-state index is 6.26. The lowest BCUT2D eigenvalue weighted by Crippen LogP contribution is -2.18. The van der Waals surface area contributed by atoms with Crippen LogP contribution in [0.3, 0.4) is 0 Å². The molecule has 1 N–H and O–H groups in total. The van der Waals surface area contributed by atoms with Crippen molar-refractivity contribution < 1.29 is 9.47 Å². The Morgan fingerprint density at radius 2 is 2.05 bits per heavy atom. The second-order valence-corrected chi connectivity index (χ2v) is 5.61. The van der Waals surface area contributed by atoms with Gasteiger partial charge in [0.2, 0.25) is 0 Å². The summed E-state index contributed by atoms with van der Waals surface area (Å²) < 4.78 is 11.0. The van der Waals surface area contributed by atoms with E-state index in [1.165, 1.54) is 0 Å². The van der Waals surface area contributed by atoms with Crippen molar-refractivity contribution in [1.29, 1.82) is 0 Å². The standard InChI is InChI=1S/C15H23Cl2NO2/c1-4-6-18-10-12-8-13(16)9-14(17)15(12)20-11(2)5-7-19-3/h8-9,11,18H,4-7,10H2,1-3H3. The molecule has 0 aliphatic carbocycles.